The van der Waals surface area contributed by atoms with Gasteiger partial charge in [0.25, 0.3) is 0 Å². The lowest BCUT2D eigenvalue weighted by Crippen LogP contribution is -2.36. The normalized spacial score (nSPS) is 11.3. The summed E-state index contributed by atoms with van der Waals surface area (Å²) in [6.45, 7) is 0.191. The van der Waals surface area contributed by atoms with E-state index in [1.807, 2.05) is 0 Å². The average Bonchev–Trinajstić information content (AvgIpc) is 2.99. The van der Waals surface area contributed by atoms with Crippen LogP contribution in [0.5, 0.6) is 0 Å². The summed E-state index contributed by atoms with van der Waals surface area (Å²) in [6.07, 6.45) is -4.36. The van der Waals surface area contributed by atoms with Crippen LogP contribution in [-0.2, 0) is 12.7 Å². The van der Waals surface area contributed by atoms with Crippen molar-refractivity contribution in [1.82, 2.24) is 15.6 Å². The molecule has 0 radical (unpaired) electrons. The molecule has 0 unspecified atom stereocenters. The van der Waals surface area contributed by atoms with E-state index in [2.05, 4.69) is 15.6 Å². The molecule has 0 atom stereocenters. The van der Waals surface area contributed by atoms with E-state index in [-0.39, 0.29) is 19.7 Å². The average molecular weight is 345 g/mol. The Balaban J connectivity index is 1.98. The Morgan fingerprint density at radius 2 is 1.91 bits per heavy atom. The fourth-order valence-corrected chi connectivity index (χ4v) is 2.55. The molecule has 2 rings (SSSR count). The minimum Gasteiger partial charge on any atom is -0.395 e. The minimum absolute atomic E-state index is 0.151. The number of aliphatic hydroxyl groups is 1. The molecule has 0 aliphatic rings. The first-order valence-electron chi connectivity index (χ1n) is 6.65. The maximum atomic E-state index is 12.5. The number of urea groups is 1. The minimum atomic E-state index is -4.36. The van der Waals surface area contributed by atoms with Gasteiger partial charge < -0.3 is 15.7 Å². The zero-order valence-corrected chi connectivity index (χ0v) is 12.7. The van der Waals surface area contributed by atoms with Crippen molar-refractivity contribution in [2.75, 3.05) is 13.2 Å². The van der Waals surface area contributed by atoms with Gasteiger partial charge in [-0.25, -0.2) is 9.78 Å². The van der Waals surface area contributed by atoms with Gasteiger partial charge in [-0.1, -0.05) is 12.1 Å². The van der Waals surface area contributed by atoms with Crippen LogP contribution in [0.15, 0.2) is 29.6 Å². The van der Waals surface area contributed by atoms with Crippen molar-refractivity contribution in [3.63, 3.8) is 0 Å². The molecule has 2 amide bonds. The number of hydrogen-bond acceptors (Lipinski definition) is 4. The van der Waals surface area contributed by atoms with Gasteiger partial charge in [0.15, 0.2) is 0 Å². The number of aliphatic hydroxyl groups excluding tert-OH is 1. The highest BCUT2D eigenvalue weighted by Gasteiger charge is 2.30. The third-order valence-electron chi connectivity index (χ3n) is 2.84. The Labute approximate surface area is 134 Å². The molecule has 0 fully saturated rings. The molecule has 1 aromatic heterocycles. The van der Waals surface area contributed by atoms with Gasteiger partial charge in [0.05, 0.1) is 24.4 Å². The van der Waals surface area contributed by atoms with Crippen molar-refractivity contribution in [1.29, 1.82) is 0 Å². The molecule has 0 saturated carbocycles. The molecule has 0 aliphatic carbocycles. The monoisotopic (exact) mass is 345 g/mol. The van der Waals surface area contributed by atoms with Crippen molar-refractivity contribution in [2.24, 2.45) is 0 Å². The van der Waals surface area contributed by atoms with E-state index in [4.69, 9.17) is 5.11 Å². The Hall–Kier alpha value is -2.13. The molecule has 0 aliphatic heterocycles. The highest BCUT2D eigenvalue weighted by Crippen LogP contribution is 2.31. The van der Waals surface area contributed by atoms with E-state index in [0.717, 1.165) is 12.1 Å². The molecule has 1 heterocycles. The standard InChI is InChI=1S/C14H14F3N3O2S/c15-14(16,17)10-3-1-9(2-4-10)12-20-11(8-23-12)7-19-13(22)18-5-6-21/h1-4,8,21H,5-7H2,(H2,18,19,22). The molecule has 2 aromatic rings. The van der Waals surface area contributed by atoms with E-state index in [9.17, 15) is 18.0 Å². The predicted octanol–water partition coefficient (Wildman–Crippen LogP) is 2.62. The van der Waals surface area contributed by atoms with E-state index in [1.165, 1.54) is 23.5 Å². The lowest BCUT2D eigenvalue weighted by atomic mass is 10.1. The van der Waals surface area contributed by atoms with Gasteiger partial charge >= 0.3 is 12.2 Å². The van der Waals surface area contributed by atoms with Crippen LogP contribution in [0.4, 0.5) is 18.0 Å². The molecule has 23 heavy (non-hydrogen) atoms. The van der Waals surface area contributed by atoms with Crippen molar-refractivity contribution < 1.29 is 23.1 Å². The number of benzene rings is 1. The van der Waals surface area contributed by atoms with Crippen LogP contribution >= 0.6 is 11.3 Å². The van der Waals surface area contributed by atoms with E-state index < -0.39 is 17.8 Å². The van der Waals surface area contributed by atoms with Crippen molar-refractivity contribution >= 4 is 17.4 Å². The highest BCUT2D eigenvalue weighted by molar-refractivity contribution is 7.13. The van der Waals surface area contributed by atoms with Crippen LogP contribution in [0.1, 0.15) is 11.3 Å². The lowest BCUT2D eigenvalue weighted by Gasteiger charge is -2.06. The maximum Gasteiger partial charge on any atom is 0.416 e. The zero-order chi connectivity index (χ0) is 16.9. The van der Waals surface area contributed by atoms with Crippen molar-refractivity contribution in [2.45, 2.75) is 12.7 Å². The molecule has 0 bridgehead atoms. The smallest absolute Gasteiger partial charge is 0.395 e. The van der Waals surface area contributed by atoms with E-state index in [0.29, 0.717) is 16.3 Å². The summed E-state index contributed by atoms with van der Waals surface area (Å²) in [5.41, 5.74) is 0.475. The van der Waals surface area contributed by atoms with Gasteiger partial charge in [-0.2, -0.15) is 13.2 Å². The van der Waals surface area contributed by atoms with Gasteiger partial charge in [-0.05, 0) is 12.1 Å². The fourth-order valence-electron chi connectivity index (χ4n) is 1.73. The van der Waals surface area contributed by atoms with Crippen molar-refractivity contribution in [3.8, 4) is 10.6 Å². The second-order valence-corrected chi connectivity index (χ2v) is 5.41. The largest absolute Gasteiger partial charge is 0.416 e. The van der Waals surface area contributed by atoms with Gasteiger partial charge in [-0.15, -0.1) is 11.3 Å². The third kappa shape index (κ3) is 4.93. The summed E-state index contributed by atoms with van der Waals surface area (Å²) in [7, 11) is 0. The van der Waals surface area contributed by atoms with Crippen molar-refractivity contribution in [3.05, 3.63) is 40.9 Å². The highest BCUT2D eigenvalue weighted by atomic mass is 32.1. The molecular weight excluding hydrogens is 331 g/mol. The van der Waals surface area contributed by atoms with Gasteiger partial charge in [-0.3, -0.25) is 0 Å². The van der Waals surface area contributed by atoms with Gasteiger partial charge in [0.1, 0.15) is 5.01 Å². The van der Waals surface area contributed by atoms with Crippen LogP contribution in [0.2, 0.25) is 0 Å². The van der Waals surface area contributed by atoms with E-state index >= 15 is 0 Å². The first-order valence-corrected chi connectivity index (χ1v) is 7.52. The SMILES string of the molecule is O=C(NCCO)NCc1csc(-c2ccc(C(F)(F)F)cc2)n1. The number of nitrogens with zero attached hydrogens (tertiary/aromatic N) is 1. The number of amides is 2. The second-order valence-electron chi connectivity index (χ2n) is 4.55. The summed E-state index contributed by atoms with van der Waals surface area (Å²) < 4.78 is 37.5. The number of carbonyl (C=O) groups excluding carboxylic acids is 1. The van der Waals surface area contributed by atoms with Crippen LogP contribution in [0.25, 0.3) is 10.6 Å². The number of nitrogens with one attached hydrogen (secondary N) is 2. The number of rotatable bonds is 5. The second kappa shape index (κ2) is 7.42. The van der Waals surface area contributed by atoms with Crippen LogP contribution in [-0.4, -0.2) is 29.3 Å². The van der Waals surface area contributed by atoms with Gasteiger partial charge in [0.2, 0.25) is 0 Å². The molecule has 9 heteroatoms. The van der Waals surface area contributed by atoms with Crippen LogP contribution in [0.3, 0.4) is 0 Å². The van der Waals surface area contributed by atoms with E-state index in [1.54, 1.807) is 5.38 Å². The Morgan fingerprint density at radius 1 is 1.22 bits per heavy atom. The molecule has 0 saturated heterocycles. The molecular formula is C14H14F3N3O2S. The number of carbonyl (C=O) groups is 1. The third-order valence-corrected chi connectivity index (χ3v) is 3.78. The molecule has 0 spiro atoms. The molecule has 5 nitrogen and oxygen atoms in total. The quantitative estimate of drug-likeness (QED) is 0.780. The summed E-state index contributed by atoms with van der Waals surface area (Å²) in [6, 6.07) is 4.33. The van der Waals surface area contributed by atoms with Gasteiger partial charge in [0, 0.05) is 17.5 Å². The Kier molecular flexibility index (Phi) is 5.56. The number of thiazole rings is 1. The summed E-state index contributed by atoms with van der Waals surface area (Å²) in [5, 5.41) is 15.9. The fraction of sp³-hybridized carbons (Fsp3) is 0.286. The summed E-state index contributed by atoms with van der Waals surface area (Å²) in [5.74, 6) is 0. The first-order chi connectivity index (χ1) is 10.9. The first kappa shape index (κ1) is 17.2. The number of halogens is 3. The Bertz CT molecular complexity index is 656. The predicted molar refractivity (Wildman–Crippen MR) is 79.9 cm³/mol. The zero-order valence-electron chi connectivity index (χ0n) is 11.9. The number of alkyl halides is 3. The van der Waals surface area contributed by atoms with Crippen LogP contribution in [0, 0.1) is 0 Å². The lowest BCUT2D eigenvalue weighted by molar-refractivity contribution is -0.137. The summed E-state index contributed by atoms with van der Waals surface area (Å²) in [4.78, 5) is 15.6. The molecule has 124 valence electrons. The summed E-state index contributed by atoms with van der Waals surface area (Å²) >= 11 is 1.28. The topological polar surface area (TPSA) is 74.2 Å². The molecule has 1 aromatic carbocycles. The molecule has 3 N–H and O–H groups in total. The maximum absolute atomic E-state index is 12.5. The van der Waals surface area contributed by atoms with Crippen LogP contribution < -0.4 is 10.6 Å². The Morgan fingerprint density at radius 3 is 2.52 bits per heavy atom. The number of aromatic nitrogens is 1. The number of hydrogen-bond donors (Lipinski definition) is 3.